The molecule has 2 bridgehead atoms. The molecule has 3 heterocycles. The Kier molecular flexibility index (Phi) is 1.10. The Balaban J connectivity index is 1.64. The van der Waals surface area contributed by atoms with Crippen LogP contribution in [0.25, 0.3) is 0 Å². The number of rotatable bonds is 0. The van der Waals surface area contributed by atoms with Crippen molar-refractivity contribution in [2.75, 3.05) is 0 Å². The second-order valence-electron chi connectivity index (χ2n) is 9.51. The van der Waals surface area contributed by atoms with Gasteiger partial charge in [-0.15, -0.1) is 0 Å². The highest BCUT2D eigenvalue weighted by molar-refractivity contribution is 5.51. The van der Waals surface area contributed by atoms with Crippen molar-refractivity contribution in [2.45, 2.75) is 38.8 Å². The van der Waals surface area contributed by atoms with Crippen LogP contribution in [0.4, 0.5) is 0 Å². The monoisotopic (exact) mass is 285 g/mol. The molecule has 1 aromatic rings. The summed E-state index contributed by atoms with van der Waals surface area (Å²) in [5.41, 5.74) is 0.995. The van der Waals surface area contributed by atoms with Gasteiger partial charge in [-0.25, -0.2) is 23.5 Å². The molecule has 21 heavy (non-hydrogen) atoms. The molecule has 0 saturated heterocycles. The van der Waals surface area contributed by atoms with Gasteiger partial charge in [-0.1, -0.05) is 13.8 Å². The highest BCUT2D eigenvalue weighted by Gasteiger charge is 3.04. The van der Waals surface area contributed by atoms with Crippen LogP contribution >= 0.6 is 0 Å². The molecule has 0 amide bonds. The maximum absolute atomic E-state index is 12.6. The summed E-state index contributed by atoms with van der Waals surface area (Å²) in [4.78, 5) is 25.2. The van der Waals surface area contributed by atoms with Crippen LogP contribution in [0.2, 0.25) is 0 Å². The van der Waals surface area contributed by atoms with Crippen molar-refractivity contribution >= 4 is 0 Å². The van der Waals surface area contributed by atoms with E-state index >= 15 is 0 Å². The van der Waals surface area contributed by atoms with Gasteiger partial charge in [0, 0.05) is 17.9 Å². The zero-order valence-electron chi connectivity index (χ0n) is 12.5. The predicted octanol–water partition coefficient (Wildman–Crippen LogP) is 0.756. The summed E-state index contributed by atoms with van der Waals surface area (Å²) in [6, 6.07) is 0.677. The lowest BCUT2D eigenvalue weighted by atomic mass is 9.73. The lowest BCUT2D eigenvalue weighted by Gasteiger charge is -2.45. The first kappa shape index (κ1) is 10.5. The van der Waals surface area contributed by atoms with E-state index < -0.39 is 0 Å². The van der Waals surface area contributed by atoms with Crippen LogP contribution < -0.4 is 11.4 Å². The minimum atomic E-state index is -0.0701. The van der Waals surface area contributed by atoms with Gasteiger partial charge in [0.25, 0.3) is 0 Å². The fourth-order valence-corrected chi connectivity index (χ4v) is 8.90. The van der Waals surface area contributed by atoms with E-state index in [-0.39, 0.29) is 11.4 Å². The van der Waals surface area contributed by atoms with Crippen molar-refractivity contribution < 1.29 is 0 Å². The van der Waals surface area contributed by atoms with Gasteiger partial charge in [0.2, 0.25) is 0 Å². The van der Waals surface area contributed by atoms with Gasteiger partial charge in [0.15, 0.2) is 0 Å². The predicted molar refractivity (Wildman–Crippen MR) is 73.8 cm³/mol. The zero-order valence-corrected chi connectivity index (χ0v) is 12.5. The van der Waals surface area contributed by atoms with Crippen molar-refractivity contribution in [3.63, 3.8) is 0 Å². The molecule has 5 saturated carbocycles. The van der Waals surface area contributed by atoms with E-state index in [9.17, 15) is 9.59 Å². The largest absolute Gasteiger partial charge is 0.347 e. The summed E-state index contributed by atoms with van der Waals surface area (Å²) in [6.07, 6.45) is 2.53. The topological polar surface area (TPSA) is 48.9 Å². The molecule has 8 atom stereocenters. The zero-order chi connectivity index (χ0) is 14.3. The molecule has 5 heteroatoms. The van der Waals surface area contributed by atoms with E-state index in [1.54, 1.807) is 7.05 Å². The Labute approximate surface area is 121 Å². The van der Waals surface area contributed by atoms with Gasteiger partial charge in [-0.2, -0.15) is 0 Å². The van der Waals surface area contributed by atoms with E-state index in [0.717, 1.165) is 23.7 Å². The van der Waals surface area contributed by atoms with Gasteiger partial charge in [-0.3, -0.25) is 0 Å². The molecule has 2 spiro atoms. The van der Waals surface area contributed by atoms with Crippen molar-refractivity contribution in [3.05, 3.63) is 21.0 Å². The highest BCUT2D eigenvalue weighted by Crippen LogP contribution is 3.06. The average Bonchev–Trinajstić information content (AvgIpc) is 3.05. The summed E-state index contributed by atoms with van der Waals surface area (Å²) in [5, 5.41) is 0. The molecular formula is C16H19N3O2. The average molecular weight is 285 g/mol. The smallest absolute Gasteiger partial charge is 0.246 e. The Hall–Kier alpha value is -1.26. The molecule has 110 valence electrons. The van der Waals surface area contributed by atoms with Gasteiger partial charge in [-0.05, 0) is 41.9 Å². The molecule has 1 aromatic heterocycles. The lowest BCUT2D eigenvalue weighted by Crippen LogP contribution is -2.51. The summed E-state index contributed by atoms with van der Waals surface area (Å²) in [7, 11) is 1.64. The molecule has 5 nitrogen and oxygen atoms in total. The van der Waals surface area contributed by atoms with Crippen molar-refractivity contribution in [2.24, 2.45) is 47.0 Å². The summed E-state index contributed by atoms with van der Waals surface area (Å²) >= 11 is 0. The first-order chi connectivity index (χ1) is 9.88. The summed E-state index contributed by atoms with van der Waals surface area (Å²) in [6.45, 7) is 4.77. The van der Waals surface area contributed by atoms with Crippen LogP contribution in [0.5, 0.6) is 0 Å². The summed E-state index contributed by atoms with van der Waals surface area (Å²) < 4.78 is 5.14. The molecule has 0 radical (unpaired) electrons. The van der Waals surface area contributed by atoms with Gasteiger partial charge in [0.1, 0.15) is 0 Å². The van der Waals surface area contributed by atoms with E-state index in [1.165, 1.54) is 17.4 Å². The molecule has 0 aromatic carbocycles. The normalized spacial score (nSPS) is 60.9. The number of hydrogen-bond donors (Lipinski definition) is 0. The Morgan fingerprint density at radius 3 is 1.86 bits per heavy atom. The number of hydrogen-bond acceptors (Lipinski definition) is 2. The van der Waals surface area contributed by atoms with Crippen LogP contribution in [0.1, 0.15) is 38.8 Å². The van der Waals surface area contributed by atoms with Crippen molar-refractivity contribution in [1.29, 1.82) is 0 Å². The van der Waals surface area contributed by atoms with Crippen LogP contribution in [0.3, 0.4) is 0 Å². The number of aromatic nitrogens is 3. The molecule has 0 N–H and O–H groups in total. The Morgan fingerprint density at radius 1 is 0.905 bits per heavy atom. The molecular weight excluding hydrogens is 266 g/mol. The SMILES string of the molecule is Cn1c(=O)n2n(c1=O)[C@@H]1[C@@H]3C4C5[C@@]6(CC(C)(C)C[C@@]516)[C@@H]2[C@@H]43. The molecule has 5 fully saturated rings. The minimum Gasteiger partial charge on any atom is -0.246 e. The van der Waals surface area contributed by atoms with Gasteiger partial charge >= 0.3 is 11.4 Å². The maximum Gasteiger partial charge on any atom is 0.347 e. The van der Waals surface area contributed by atoms with Gasteiger partial charge < -0.3 is 0 Å². The summed E-state index contributed by atoms with van der Waals surface area (Å²) in [5.74, 6) is 3.11. The second kappa shape index (κ2) is 2.20. The van der Waals surface area contributed by atoms with E-state index in [2.05, 4.69) is 13.8 Å². The molecule has 7 aliphatic rings. The van der Waals surface area contributed by atoms with E-state index in [4.69, 9.17) is 0 Å². The minimum absolute atomic E-state index is 0.0701. The third-order valence-electron chi connectivity index (χ3n) is 8.52. The highest BCUT2D eigenvalue weighted by atomic mass is 16.2. The van der Waals surface area contributed by atoms with Crippen molar-refractivity contribution in [1.82, 2.24) is 13.9 Å². The van der Waals surface area contributed by atoms with Crippen LogP contribution in [-0.4, -0.2) is 13.9 Å². The fourth-order valence-electron chi connectivity index (χ4n) is 8.90. The van der Waals surface area contributed by atoms with E-state index in [0.29, 0.717) is 28.3 Å². The molecule has 2 aliphatic heterocycles. The Bertz CT molecular complexity index is 836. The van der Waals surface area contributed by atoms with Crippen molar-refractivity contribution in [3.8, 4) is 0 Å². The van der Waals surface area contributed by atoms with Gasteiger partial charge in [0.05, 0.1) is 12.1 Å². The standard InChI is InChI=1S/C16H19N3O2/c1-14(2)4-15-9-6-7-8(6)11(16(9,15)5-14)19-13(21)17(3)12(20)18(19)10(7)15/h6-11H,4-5H2,1-3H3/t6?,7-,8+,9?,10-,11+,15-,16+. The maximum atomic E-state index is 12.6. The quantitative estimate of drug-likeness (QED) is 0.706. The first-order valence-electron chi connectivity index (χ1n) is 8.29. The third-order valence-corrected chi connectivity index (χ3v) is 8.52. The third kappa shape index (κ3) is 0.624. The van der Waals surface area contributed by atoms with Crippen LogP contribution in [-0.2, 0) is 7.05 Å². The second-order valence-corrected chi connectivity index (χ2v) is 9.51. The lowest BCUT2D eigenvalue weighted by molar-refractivity contribution is 0.0178. The number of nitrogens with zero attached hydrogens (tertiary/aromatic N) is 3. The Morgan fingerprint density at radius 2 is 1.38 bits per heavy atom. The van der Waals surface area contributed by atoms with E-state index in [1.807, 2.05) is 9.36 Å². The van der Waals surface area contributed by atoms with Crippen LogP contribution in [0, 0.1) is 39.9 Å². The molecule has 5 aliphatic carbocycles. The molecule has 2 unspecified atom stereocenters. The molecule has 8 rings (SSSR count). The fraction of sp³-hybridized carbons (Fsp3) is 0.875. The first-order valence-corrected chi connectivity index (χ1v) is 8.29. The van der Waals surface area contributed by atoms with Crippen LogP contribution in [0.15, 0.2) is 9.59 Å².